The molecule has 1 aliphatic heterocycles. The summed E-state index contributed by atoms with van der Waals surface area (Å²) in [6.45, 7) is 0.684. The van der Waals surface area contributed by atoms with Crippen LogP contribution in [0.15, 0.2) is 24.3 Å². The van der Waals surface area contributed by atoms with Crippen molar-refractivity contribution in [2.75, 3.05) is 13.6 Å². The highest BCUT2D eigenvalue weighted by atomic mass is 19.1. The van der Waals surface area contributed by atoms with E-state index in [0.717, 1.165) is 12.8 Å². The van der Waals surface area contributed by atoms with Crippen LogP contribution in [0.3, 0.4) is 0 Å². The molecule has 0 bridgehead atoms. The SMILES string of the molecule is CN1C(=O)C[C@@H](C(=O)NCC2CCC2)[C@@H]1c1cccc(F)c1. The predicted molar refractivity (Wildman–Crippen MR) is 80.4 cm³/mol. The van der Waals surface area contributed by atoms with Gasteiger partial charge in [0.25, 0.3) is 0 Å². The first-order valence-corrected chi connectivity index (χ1v) is 7.85. The van der Waals surface area contributed by atoms with Gasteiger partial charge in [0.05, 0.1) is 12.0 Å². The molecule has 22 heavy (non-hydrogen) atoms. The lowest BCUT2D eigenvalue weighted by atomic mass is 9.85. The summed E-state index contributed by atoms with van der Waals surface area (Å²) < 4.78 is 13.5. The zero-order chi connectivity index (χ0) is 15.7. The molecule has 4 nitrogen and oxygen atoms in total. The summed E-state index contributed by atoms with van der Waals surface area (Å²) >= 11 is 0. The minimum atomic E-state index is -0.445. The van der Waals surface area contributed by atoms with Crippen molar-refractivity contribution >= 4 is 11.8 Å². The molecule has 2 atom stereocenters. The average molecular weight is 304 g/mol. The monoisotopic (exact) mass is 304 g/mol. The van der Waals surface area contributed by atoms with Crippen LogP contribution in [0.4, 0.5) is 4.39 Å². The molecule has 1 saturated carbocycles. The summed E-state index contributed by atoms with van der Waals surface area (Å²) in [7, 11) is 1.68. The summed E-state index contributed by atoms with van der Waals surface area (Å²) in [5.74, 6) is -0.387. The number of halogens is 1. The Hall–Kier alpha value is -1.91. The van der Waals surface area contributed by atoms with Crippen LogP contribution in [0.2, 0.25) is 0 Å². The van der Waals surface area contributed by atoms with Gasteiger partial charge in [-0.1, -0.05) is 18.6 Å². The molecule has 1 N–H and O–H groups in total. The lowest BCUT2D eigenvalue weighted by Gasteiger charge is -2.28. The zero-order valence-corrected chi connectivity index (χ0v) is 12.7. The second-order valence-corrected chi connectivity index (χ2v) is 6.36. The van der Waals surface area contributed by atoms with Crippen molar-refractivity contribution in [2.45, 2.75) is 31.7 Å². The maximum Gasteiger partial charge on any atom is 0.226 e. The highest BCUT2D eigenvalue weighted by Crippen LogP contribution is 2.37. The van der Waals surface area contributed by atoms with Crippen molar-refractivity contribution in [3.8, 4) is 0 Å². The van der Waals surface area contributed by atoms with E-state index in [0.29, 0.717) is 18.0 Å². The van der Waals surface area contributed by atoms with E-state index in [1.807, 2.05) is 0 Å². The topological polar surface area (TPSA) is 49.4 Å². The van der Waals surface area contributed by atoms with Crippen LogP contribution < -0.4 is 5.32 Å². The first-order chi connectivity index (χ1) is 10.6. The van der Waals surface area contributed by atoms with Crippen LogP contribution in [-0.4, -0.2) is 30.3 Å². The first-order valence-electron chi connectivity index (χ1n) is 7.85. The number of hydrogen-bond donors (Lipinski definition) is 1. The maximum absolute atomic E-state index is 13.5. The van der Waals surface area contributed by atoms with Gasteiger partial charge in [0.1, 0.15) is 5.82 Å². The van der Waals surface area contributed by atoms with E-state index < -0.39 is 5.92 Å². The van der Waals surface area contributed by atoms with Gasteiger partial charge in [0.2, 0.25) is 11.8 Å². The fourth-order valence-corrected chi connectivity index (χ4v) is 3.32. The molecule has 2 aliphatic rings. The van der Waals surface area contributed by atoms with Crippen LogP contribution in [0.25, 0.3) is 0 Å². The Morgan fingerprint density at radius 1 is 1.41 bits per heavy atom. The molecular weight excluding hydrogens is 283 g/mol. The quantitative estimate of drug-likeness (QED) is 0.927. The number of benzene rings is 1. The van der Waals surface area contributed by atoms with E-state index in [2.05, 4.69) is 5.32 Å². The van der Waals surface area contributed by atoms with Crippen LogP contribution >= 0.6 is 0 Å². The average Bonchev–Trinajstić information content (AvgIpc) is 2.73. The number of carbonyl (C=O) groups is 2. The van der Waals surface area contributed by atoms with Gasteiger partial charge in [-0.05, 0) is 36.5 Å². The van der Waals surface area contributed by atoms with Crippen molar-refractivity contribution < 1.29 is 14.0 Å². The molecule has 1 saturated heterocycles. The van der Waals surface area contributed by atoms with Crippen molar-refractivity contribution in [3.63, 3.8) is 0 Å². The van der Waals surface area contributed by atoms with Gasteiger partial charge in [-0.15, -0.1) is 0 Å². The highest BCUT2D eigenvalue weighted by molar-refractivity contribution is 5.90. The molecule has 1 aromatic rings. The van der Waals surface area contributed by atoms with Gasteiger partial charge in [-0.25, -0.2) is 4.39 Å². The molecule has 0 spiro atoms. The standard InChI is InChI=1S/C17H21FN2O2/c1-20-15(21)9-14(17(22)19-10-11-4-2-5-11)16(20)12-6-3-7-13(18)8-12/h3,6-8,11,14,16H,2,4-5,9-10H2,1H3,(H,19,22)/t14-,16+/m1/s1. The molecule has 118 valence electrons. The Morgan fingerprint density at radius 2 is 2.18 bits per heavy atom. The minimum absolute atomic E-state index is 0.0712. The molecule has 0 unspecified atom stereocenters. The molecule has 0 radical (unpaired) electrons. The third-order valence-corrected chi connectivity index (χ3v) is 4.90. The van der Waals surface area contributed by atoms with Gasteiger partial charge in [-0.3, -0.25) is 9.59 Å². The van der Waals surface area contributed by atoms with E-state index >= 15 is 0 Å². The first kappa shape index (κ1) is 15.0. The summed E-state index contributed by atoms with van der Waals surface area (Å²) in [5, 5.41) is 2.97. The Labute approximate surface area is 129 Å². The lowest BCUT2D eigenvalue weighted by Crippen LogP contribution is -2.38. The summed E-state index contributed by atoms with van der Waals surface area (Å²) in [6, 6.07) is 5.78. The van der Waals surface area contributed by atoms with Crippen molar-refractivity contribution in [2.24, 2.45) is 11.8 Å². The second kappa shape index (κ2) is 6.07. The third kappa shape index (κ3) is 2.85. The smallest absolute Gasteiger partial charge is 0.226 e. The zero-order valence-electron chi connectivity index (χ0n) is 12.7. The molecule has 1 heterocycles. The van der Waals surface area contributed by atoms with Gasteiger partial charge in [-0.2, -0.15) is 0 Å². The molecule has 2 amide bonds. The number of nitrogens with one attached hydrogen (secondary N) is 1. The normalized spacial score (nSPS) is 25.2. The third-order valence-electron chi connectivity index (χ3n) is 4.90. The van der Waals surface area contributed by atoms with Gasteiger partial charge < -0.3 is 10.2 Å². The van der Waals surface area contributed by atoms with E-state index in [9.17, 15) is 14.0 Å². The number of rotatable bonds is 4. The minimum Gasteiger partial charge on any atom is -0.355 e. The fraction of sp³-hybridized carbons (Fsp3) is 0.529. The largest absolute Gasteiger partial charge is 0.355 e. The Bertz CT molecular complexity index is 586. The molecule has 1 aromatic carbocycles. The fourth-order valence-electron chi connectivity index (χ4n) is 3.32. The number of nitrogens with zero attached hydrogens (tertiary/aromatic N) is 1. The summed E-state index contributed by atoms with van der Waals surface area (Å²) in [6.07, 6.45) is 3.75. The van der Waals surface area contributed by atoms with Crippen LogP contribution in [0, 0.1) is 17.7 Å². The van der Waals surface area contributed by atoms with Crippen LogP contribution in [0.1, 0.15) is 37.3 Å². The molecule has 5 heteroatoms. The Kier molecular flexibility index (Phi) is 4.14. The van der Waals surface area contributed by atoms with Crippen LogP contribution in [-0.2, 0) is 9.59 Å². The van der Waals surface area contributed by atoms with Gasteiger partial charge in [0, 0.05) is 20.0 Å². The van der Waals surface area contributed by atoms with Gasteiger partial charge in [0.15, 0.2) is 0 Å². The summed E-state index contributed by atoms with van der Waals surface area (Å²) in [5.41, 5.74) is 0.678. The number of amides is 2. The van der Waals surface area contributed by atoms with Crippen molar-refractivity contribution in [1.82, 2.24) is 10.2 Å². The molecular formula is C17H21FN2O2. The highest BCUT2D eigenvalue weighted by Gasteiger charge is 2.42. The lowest BCUT2D eigenvalue weighted by molar-refractivity contribution is -0.128. The van der Waals surface area contributed by atoms with Gasteiger partial charge >= 0.3 is 0 Å². The van der Waals surface area contributed by atoms with E-state index in [-0.39, 0.29) is 30.1 Å². The Balaban J connectivity index is 1.75. The Morgan fingerprint density at radius 3 is 2.82 bits per heavy atom. The molecule has 3 rings (SSSR count). The maximum atomic E-state index is 13.5. The predicted octanol–water partition coefficient (Wildman–Crippen LogP) is 2.26. The second-order valence-electron chi connectivity index (χ2n) is 6.36. The van der Waals surface area contributed by atoms with Crippen LogP contribution in [0.5, 0.6) is 0 Å². The number of likely N-dealkylation sites (tertiary alicyclic amines) is 1. The molecule has 1 aliphatic carbocycles. The summed E-state index contributed by atoms with van der Waals surface area (Å²) in [4.78, 5) is 26.0. The van der Waals surface area contributed by atoms with E-state index in [1.54, 1.807) is 24.1 Å². The molecule has 2 fully saturated rings. The molecule has 0 aromatic heterocycles. The van der Waals surface area contributed by atoms with E-state index in [4.69, 9.17) is 0 Å². The van der Waals surface area contributed by atoms with Crippen molar-refractivity contribution in [1.29, 1.82) is 0 Å². The number of hydrogen-bond acceptors (Lipinski definition) is 2. The van der Waals surface area contributed by atoms with E-state index in [1.165, 1.54) is 18.6 Å². The number of carbonyl (C=O) groups excluding carboxylic acids is 2. The van der Waals surface area contributed by atoms with Crippen molar-refractivity contribution in [3.05, 3.63) is 35.6 Å².